The molecule has 2 aromatic rings. The van der Waals surface area contributed by atoms with E-state index in [9.17, 15) is 14.0 Å². The number of carbonyl (C=O) groups excluding carboxylic acids is 2. The molecule has 0 radical (unpaired) electrons. The van der Waals surface area contributed by atoms with Crippen molar-refractivity contribution < 1.29 is 18.7 Å². The minimum absolute atomic E-state index is 0.240. The zero-order valence-corrected chi connectivity index (χ0v) is 12.3. The molecule has 0 aliphatic carbocycles. The Balaban J connectivity index is 2.02. The highest BCUT2D eigenvalue weighted by Crippen LogP contribution is 2.22. The minimum atomic E-state index is -1.12. The Morgan fingerprint density at radius 2 is 2.09 bits per heavy atom. The van der Waals surface area contributed by atoms with Crippen LogP contribution in [0.2, 0.25) is 0 Å². The third kappa shape index (κ3) is 3.48. The number of nitrogens with one attached hydrogen (secondary N) is 1. The van der Waals surface area contributed by atoms with Crippen LogP contribution in [0.4, 0.5) is 9.39 Å². The number of thiophene rings is 1. The predicted molar refractivity (Wildman–Crippen MR) is 78.9 cm³/mol. The molecule has 1 N–H and O–H groups in total. The fraction of sp³-hybridized carbons (Fsp3) is 0.133. The summed E-state index contributed by atoms with van der Waals surface area (Å²) >= 11 is 1.18. The molecule has 112 valence electrons. The van der Waals surface area contributed by atoms with Crippen LogP contribution in [0.5, 0.6) is 0 Å². The van der Waals surface area contributed by atoms with E-state index in [0.717, 1.165) is 6.07 Å². The third-order valence-electron chi connectivity index (χ3n) is 2.77. The summed E-state index contributed by atoms with van der Waals surface area (Å²) in [5.74, 6) is -2.23. The summed E-state index contributed by atoms with van der Waals surface area (Å²) in [4.78, 5) is 23.8. The first kappa shape index (κ1) is 15.7. The van der Waals surface area contributed by atoms with Gasteiger partial charge in [0.2, 0.25) is 0 Å². The second-order valence-corrected chi connectivity index (χ2v) is 5.21. The monoisotopic (exact) mass is 318 g/mol. The molecule has 0 saturated carbocycles. The molecule has 5 nitrogen and oxygen atoms in total. The molecule has 0 bridgehead atoms. The predicted octanol–water partition coefficient (Wildman–Crippen LogP) is 2.94. The molecule has 2 rings (SSSR count). The minimum Gasteiger partial charge on any atom is -0.449 e. The van der Waals surface area contributed by atoms with Gasteiger partial charge >= 0.3 is 5.97 Å². The quantitative estimate of drug-likeness (QED) is 0.879. The second-order valence-electron chi connectivity index (χ2n) is 4.29. The van der Waals surface area contributed by atoms with Gasteiger partial charge < -0.3 is 10.1 Å². The van der Waals surface area contributed by atoms with E-state index in [1.54, 1.807) is 11.4 Å². The third-order valence-corrected chi connectivity index (χ3v) is 3.60. The van der Waals surface area contributed by atoms with E-state index in [4.69, 9.17) is 10.00 Å². The molecule has 7 heteroatoms. The van der Waals surface area contributed by atoms with Crippen molar-refractivity contribution in [1.29, 1.82) is 5.26 Å². The van der Waals surface area contributed by atoms with Gasteiger partial charge in [-0.25, -0.2) is 9.18 Å². The molecule has 0 spiro atoms. The molecular weight excluding hydrogens is 307 g/mol. The van der Waals surface area contributed by atoms with Crippen molar-refractivity contribution in [1.82, 2.24) is 0 Å². The van der Waals surface area contributed by atoms with E-state index in [2.05, 4.69) is 5.32 Å². The highest BCUT2D eigenvalue weighted by molar-refractivity contribution is 7.14. The molecule has 22 heavy (non-hydrogen) atoms. The van der Waals surface area contributed by atoms with Gasteiger partial charge in [-0.3, -0.25) is 4.79 Å². The Morgan fingerprint density at radius 3 is 2.77 bits per heavy atom. The molecule has 0 unspecified atom stereocenters. The van der Waals surface area contributed by atoms with Crippen molar-refractivity contribution >= 4 is 28.2 Å². The van der Waals surface area contributed by atoms with Gasteiger partial charge in [0, 0.05) is 0 Å². The summed E-state index contributed by atoms with van der Waals surface area (Å²) in [6.07, 6.45) is -1.12. The first-order valence-electron chi connectivity index (χ1n) is 6.27. The van der Waals surface area contributed by atoms with Gasteiger partial charge in [-0.2, -0.15) is 5.26 Å². The summed E-state index contributed by atoms with van der Waals surface area (Å²) in [5, 5.41) is 13.4. The molecule has 1 atom stereocenters. The fourth-order valence-electron chi connectivity index (χ4n) is 1.61. The van der Waals surface area contributed by atoms with E-state index in [0.29, 0.717) is 10.6 Å². The lowest BCUT2D eigenvalue weighted by atomic mass is 10.2. The maximum atomic E-state index is 13.5. The van der Waals surface area contributed by atoms with Crippen molar-refractivity contribution in [3.8, 4) is 6.07 Å². The Labute approximate surface area is 129 Å². The van der Waals surface area contributed by atoms with E-state index in [-0.39, 0.29) is 5.56 Å². The number of hydrogen-bond donors (Lipinski definition) is 1. The van der Waals surface area contributed by atoms with E-state index in [1.807, 2.05) is 6.07 Å². The SMILES string of the molecule is C[C@@H](OC(=O)c1ccccc1F)C(=O)Nc1sccc1C#N. The molecule has 0 fully saturated rings. The van der Waals surface area contributed by atoms with Gasteiger partial charge in [-0.15, -0.1) is 11.3 Å². The molecule has 1 amide bonds. The molecule has 1 heterocycles. The number of anilines is 1. The van der Waals surface area contributed by atoms with Crippen LogP contribution >= 0.6 is 11.3 Å². The highest BCUT2D eigenvalue weighted by Gasteiger charge is 2.21. The first-order chi connectivity index (χ1) is 10.5. The summed E-state index contributed by atoms with van der Waals surface area (Å²) in [5.41, 5.74) is 0.0852. The van der Waals surface area contributed by atoms with Crippen molar-refractivity contribution in [2.75, 3.05) is 5.32 Å². The highest BCUT2D eigenvalue weighted by atomic mass is 32.1. The normalized spacial score (nSPS) is 11.3. The molecule has 1 aromatic heterocycles. The first-order valence-corrected chi connectivity index (χ1v) is 7.15. The van der Waals surface area contributed by atoms with Crippen molar-refractivity contribution in [2.45, 2.75) is 13.0 Å². The van der Waals surface area contributed by atoms with Crippen molar-refractivity contribution in [3.05, 3.63) is 52.7 Å². The van der Waals surface area contributed by atoms with Crippen LogP contribution in [0.25, 0.3) is 0 Å². The zero-order valence-electron chi connectivity index (χ0n) is 11.5. The number of halogens is 1. The fourth-order valence-corrected chi connectivity index (χ4v) is 2.35. The van der Waals surface area contributed by atoms with Gasteiger partial charge in [0.15, 0.2) is 6.10 Å². The van der Waals surface area contributed by atoms with Gasteiger partial charge in [-0.05, 0) is 30.5 Å². The van der Waals surface area contributed by atoms with Crippen LogP contribution < -0.4 is 5.32 Å². The number of esters is 1. The lowest BCUT2D eigenvalue weighted by molar-refractivity contribution is -0.123. The van der Waals surface area contributed by atoms with Crippen LogP contribution in [-0.2, 0) is 9.53 Å². The van der Waals surface area contributed by atoms with Crippen LogP contribution in [0.1, 0.15) is 22.8 Å². The number of ether oxygens (including phenoxy) is 1. The van der Waals surface area contributed by atoms with Gasteiger partial charge in [0.1, 0.15) is 16.9 Å². The maximum absolute atomic E-state index is 13.5. The average molecular weight is 318 g/mol. The smallest absolute Gasteiger partial charge is 0.341 e. The lowest BCUT2D eigenvalue weighted by Gasteiger charge is -2.13. The molecule has 0 saturated heterocycles. The lowest BCUT2D eigenvalue weighted by Crippen LogP contribution is -2.30. The largest absolute Gasteiger partial charge is 0.449 e. The molecular formula is C15H11FN2O3S. The number of carbonyl (C=O) groups is 2. The summed E-state index contributed by atoms with van der Waals surface area (Å²) in [6.45, 7) is 1.37. The number of amides is 1. The van der Waals surface area contributed by atoms with E-state index in [1.165, 1.54) is 36.5 Å². The number of rotatable bonds is 4. The molecule has 0 aliphatic rings. The Hall–Kier alpha value is -2.72. The van der Waals surface area contributed by atoms with Crippen LogP contribution in [-0.4, -0.2) is 18.0 Å². The van der Waals surface area contributed by atoms with Crippen LogP contribution in [0.15, 0.2) is 35.7 Å². The standard InChI is InChI=1S/C15H11FN2O3S/c1-9(13(19)18-14-10(8-17)6-7-22-14)21-15(20)11-4-2-3-5-12(11)16/h2-7,9H,1H3,(H,18,19)/t9-/m1/s1. The molecule has 1 aromatic carbocycles. The zero-order chi connectivity index (χ0) is 16.1. The Morgan fingerprint density at radius 1 is 1.36 bits per heavy atom. The number of nitriles is 1. The number of nitrogens with zero attached hydrogens (tertiary/aromatic N) is 1. The van der Waals surface area contributed by atoms with Gasteiger partial charge in [0.05, 0.1) is 11.1 Å². The van der Waals surface area contributed by atoms with E-state index >= 15 is 0 Å². The van der Waals surface area contributed by atoms with Gasteiger partial charge in [-0.1, -0.05) is 12.1 Å². The Bertz CT molecular complexity index is 751. The van der Waals surface area contributed by atoms with Crippen LogP contribution in [0.3, 0.4) is 0 Å². The second kappa shape index (κ2) is 6.83. The van der Waals surface area contributed by atoms with Crippen molar-refractivity contribution in [2.24, 2.45) is 0 Å². The van der Waals surface area contributed by atoms with Gasteiger partial charge in [0.25, 0.3) is 5.91 Å². The number of benzene rings is 1. The summed E-state index contributed by atoms with van der Waals surface area (Å²) < 4.78 is 18.4. The Kier molecular flexibility index (Phi) is 4.86. The maximum Gasteiger partial charge on any atom is 0.341 e. The molecule has 0 aliphatic heterocycles. The summed E-state index contributed by atoms with van der Waals surface area (Å²) in [6, 6.07) is 8.84. The average Bonchev–Trinajstić information content (AvgIpc) is 2.94. The number of hydrogen-bond acceptors (Lipinski definition) is 5. The van der Waals surface area contributed by atoms with Crippen molar-refractivity contribution in [3.63, 3.8) is 0 Å². The van der Waals surface area contributed by atoms with E-state index < -0.39 is 23.8 Å². The van der Waals surface area contributed by atoms with Crippen LogP contribution in [0, 0.1) is 17.1 Å². The topological polar surface area (TPSA) is 79.2 Å². The summed E-state index contributed by atoms with van der Waals surface area (Å²) in [7, 11) is 0.